The number of hydrogen-bond donors (Lipinski definition) is 1. The highest BCUT2D eigenvalue weighted by Crippen LogP contribution is 2.25. The zero-order valence-corrected chi connectivity index (χ0v) is 11.7. The molecule has 1 atom stereocenters. The van der Waals surface area contributed by atoms with Gasteiger partial charge in [-0.2, -0.15) is 0 Å². The fourth-order valence-electron chi connectivity index (χ4n) is 2.49. The lowest BCUT2D eigenvalue weighted by Gasteiger charge is -2.13. The third-order valence-corrected chi connectivity index (χ3v) is 3.45. The topological polar surface area (TPSA) is 94.8 Å². The molecule has 0 saturated carbocycles. The first kappa shape index (κ1) is 13.6. The molecule has 3 rings (SSSR count). The van der Waals surface area contributed by atoms with Crippen LogP contribution in [0.1, 0.15) is 40.9 Å². The van der Waals surface area contributed by atoms with Crippen LogP contribution in [0.5, 0.6) is 0 Å². The molecule has 0 aliphatic carbocycles. The predicted molar refractivity (Wildman–Crippen MR) is 72.5 cm³/mol. The van der Waals surface area contributed by atoms with Crippen molar-refractivity contribution in [1.82, 2.24) is 30.3 Å². The quantitative estimate of drug-likeness (QED) is 0.810. The fraction of sp³-hybridized carbons (Fsp3) is 0.462. The van der Waals surface area contributed by atoms with Crippen molar-refractivity contribution in [3.63, 3.8) is 0 Å². The SMILES string of the molecule is COC(=O)c1nnn(Cc2ncccn2)c1C1CCCN1. The molecule has 110 valence electrons. The number of nitrogens with zero attached hydrogens (tertiary/aromatic N) is 5. The summed E-state index contributed by atoms with van der Waals surface area (Å²) in [5.41, 5.74) is 1.000. The molecule has 0 spiro atoms. The van der Waals surface area contributed by atoms with E-state index in [0.29, 0.717) is 12.4 Å². The summed E-state index contributed by atoms with van der Waals surface area (Å²) in [7, 11) is 1.34. The van der Waals surface area contributed by atoms with E-state index < -0.39 is 5.97 Å². The van der Waals surface area contributed by atoms with E-state index in [2.05, 4.69) is 25.6 Å². The Morgan fingerprint density at radius 1 is 1.48 bits per heavy atom. The Morgan fingerprint density at radius 3 is 2.95 bits per heavy atom. The van der Waals surface area contributed by atoms with Crippen LogP contribution in [0.25, 0.3) is 0 Å². The Morgan fingerprint density at radius 2 is 2.29 bits per heavy atom. The molecule has 0 aromatic carbocycles. The van der Waals surface area contributed by atoms with Crippen molar-refractivity contribution in [3.05, 3.63) is 35.7 Å². The van der Waals surface area contributed by atoms with E-state index in [0.717, 1.165) is 25.1 Å². The summed E-state index contributed by atoms with van der Waals surface area (Å²) in [6.07, 6.45) is 5.34. The number of methoxy groups -OCH3 is 1. The van der Waals surface area contributed by atoms with Crippen LogP contribution >= 0.6 is 0 Å². The minimum atomic E-state index is -0.473. The van der Waals surface area contributed by atoms with Crippen molar-refractivity contribution in [2.75, 3.05) is 13.7 Å². The summed E-state index contributed by atoms with van der Waals surface area (Å²) in [5.74, 6) is 0.150. The number of nitrogens with one attached hydrogen (secondary N) is 1. The van der Waals surface area contributed by atoms with Gasteiger partial charge in [-0.3, -0.25) is 0 Å². The molecule has 8 heteroatoms. The number of hydrogen-bond acceptors (Lipinski definition) is 7. The Labute approximate surface area is 121 Å². The first-order valence-electron chi connectivity index (χ1n) is 6.80. The molecule has 0 bridgehead atoms. The summed E-state index contributed by atoms with van der Waals surface area (Å²) < 4.78 is 6.46. The van der Waals surface area contributed by atoms with Crippen molar-refractivity contribution in [2.24, 2.45) is 0 Å². The third kappa shape index (κ3) is 2.75. The average molecular weight is 288 g/mol. The van der Waals surface area contributed by atoms with Gasteiger partial charge in [0, 0.05) is 12.4 Å². The van der Waals surface area contributed by atoms with Crippen LogP contribution in [-0.4, -0.2) is 44.6 Å². The van der Waals surface area contributed by atoms with Crippen LogP contribution in [-0.2, 0) is 11.3 Å². The second-order valence-corrected chi connectivity index (χ2v) is 4.79. The van der Waals surface area contributed by atoms with E-state index in [1.54, 1.807) is 23.1 Å². The Kier molecular flexibility index (Phi) is 3.87. The van der Waals surface area contributed by atoms with Crippen molar-refractivity contribution < 1.29 is 9.53 Å². The van der Waals surface area contributed by atoms with Crippen LogP contribution in [0.2, 0.25) is 0 Å². The largest absolute Gasteiger partial charge is 0.464 e. The number of carbonyl (C=O) groups excluding carboxylic acids is 1. The maximum atomic E-state index is 11.9. The molecule has 1 aliphatic heterocycles. The molecule has 2 aromatic heterocycles. The van der Waals surface area contributed by atoms with Crippen molar-refractivity contribution >= 4 is 5.97 Å². The molecule has 1 saturated heterocycles. The third-order valence-electron chi connectivity index (χ3n) is 3.45. The van der Waals surface area contributed by atoms with Gasteiger partial charge >= 0.3 is 5.97 Å². The Bertz CT molecular complexity index is 621. The van der Waals surface area contributed by atoms with E-state index >= 15 is 0 Å². The predicted octanol–water partition coefficient (Wildman–Crippen LogP) is 0.327. The minimum absolute atomic E-state index is 0.0535. The van der Waals surface area contributed by atoms with Crippen LogP contribution in [0.4, 0.5) is 0 Å². The summed E-state index contributed by atoms with van der Waals surface area (Å²) in [4.78, 5) is 20.2. The van der Waals surface area contributed by atoms with Gasteiger partial charge in [0.2, 0.25) is 0 Å². The van der Waals surface area contributed by atoms with Gasteiger partial charge in [0.15, 0.2) is 5.69 Å². The average Bonchev–Trinajstić information content (AvgIpc) is 3.16. The van der Waals surface area contributed by atoms with Gasteiger partial charge in [-0.25, -0.2) is 19.4 Å². The van der Waals surface area contributed by atoms with E-state index in [4.69, 9.17) is 4.74 Å². The normalized spacial score (nSPS) is 17.9. The maximum absolute atomic E-state index is 11.9. The van der Waals surface area contributed by atoms with Gasteiger partial charge in [-0.15, -0.1) is 5.10 Å². The molecular weight excluding hydrogens is 272 g/mol. The summed E-state index contributed by atoms with van der Waals surface area (Å²) in [6.45, 7) is 1.29. The molecule has 1 fully saturated rings. The second kappa shape index (κ2) is 5.96. The summed E-state index contributed by atoms with van der Waals surface area (Å²) in [5, 5.41) is 11.4. The maximum Gasteiger partial charge on any atom is 0.360 e. The Balaban J connectivity index is 1.95. The molecule has 1 aliphatic rings. The molecule has 8 nitrogen and oxygen atoms in total. The van der Waals surface area contributed by atoms with E-state index in [1.165, 1.54) is 7.11 Å². The van der Waals surface area contributed by atoms with Gasteiger partial charge in [0.05, 0.1) is 18.8 Å². The number of esters is 1. The molecule has 1 N–H and O–H groups in total. The molecule has 2 aromatic rings. The van der Waals surface area contributed by atoms with Crippen LogP contribution in [0, 0.1) is 0 Å². The van der Waals surface area contributed by atoms with Crippen molar-refractivity contribution in [2.45, 2.75) is 25.4 Å². The fourth-order valence-corrected chi connectivity index (χ4v) is 2.49. The van der Waals surface area contributed by atoms with Crippen molar-refractivity contribution in [1.29, 1.82) is 0 Å². The molecule has 3 heterocycles. The van der Waals surface area contributed by atoms with Gasteiger partial charge in [0.1, 0.15) is 12.4 Å². The van der Waals surface area contributed by atoms with E-state index in [9.17, 15) is 4.79 Å². The molecule has 0 radical (unpaired) electrons. The highest BCUT2D eigenvalue weighted by molar-refractivity contribution is 5.88. The summed E-state index contributed by atoms with van der Waals surface area (Å²) in [6, 6.07) is 1.81. The summed E-state index contributed by atoms with van der Waals surface area (Å²) >= 11 is 0. The van der Waals surface area contributed by atoms with Gasteiger partial charge in [0.25, 0.3) is 0 Å². The van der Waals surface area contributed by atoms with E-state index in [1.807, 2.05) is 0 Å². The number of ether oxygens (including phenoxy) is 1. The first-order chi connectivity index (χ1) is 10.3. The first-order valence-corrected chi connectivity index (χ1v) is 6.80. The van der Waals surface area contributed by atoms with Crippen molar-refractivity contribution in [3.8, 4) is 0 Å². The minimum Gasteiger partial charge on any atom is -0.464 e. The van der Waals surface area contributed by atoms with Gasteiger partial charge in [-0.05, 0) is 25.5 Å². The van der Waals surface area contributed by atoms with Crippen LogP contribution < -0.4 is 5.32 Å². The van der Waals surface area contributed by atoms with Gasteiger partial charge < -0.3 is 10.1 Å². The Hall–Kier alpha value is -2.35. The number of rotatable bonds is 4. The molecular formula is C13H16N6O2. The highest BCUT2D eigenvalue weighted by atomic mass is 16.5. The zero-order valence-electron chi connectivity index (χ0n) is 11.7. The number of carbonyl (C=O) groups is 1. The van der Waals surface area contributed by atoms with Crippen LogP contribution in [0.3, 0.4) is 0 Å². The lowest BCUT2D eigenvalue weighted by molar-refractivity contribution is 0.0591. The second-order valence-electron chi connectivity index (χ2n) is 4.79. The molecule has 0 amide bonds. The highest BCUT2D eigenvalue weighted by Gasteiger charge is 2.29. The standard InChI is InChI=1S/C13H16N6O2/c1-21-13(20)11-12(9-4-2-5-14-9)19(18-17-11)8-10-15-6-3-7-16-10/h3,6-7,9,14H,2,4-5,8H2,1H3. The smallest absolute Gasteiger partial charge is 0.360 e. The lowest BCUT2D eigenvalue weighted by atomic mass is 10.1. The lowest BCUT2D eigenvalue weighted by Crippen LogP contribution is -2.21. The number of aromatic nitrogens is 5. The molecule has 21 heavy (non-hydrogen) atoms. The molecule has 1 unspecified atom stereocenters. The van der Waals surface area contributed by atoms with Crippen LogP contribution in [0.15, 0.2) is 18.5 Å². The van der Waals surface area contributed by atoms with Gasteiger partial charge in [-0.1, -0.05) is 5.21 Å². The zero-order chi connectivity index (χ0) is 14.7. The van der Waals surface area contributed by atoms with E-state index in [-0.39, 0.29) is 11.7 Å². The monoisotopic (exact) mass is 288 g/mol.